The highest BCUT2D eigenvalue weighted by Crippen LogP contribution is 2.39. The quantitative estimate of drug-likeness (QED) is 0.573. The van der Waals surface area contributed by atoms with Crippen molar-refractivity contribution in [1.29, 1.82) is 0 Å². The molecule has 0 radical (unpaired) electrons. The van der Waals surface area contributed by atoms with Crippen molar-refractivity contribution in [2.45, 2.75) is 43.4 Å². The number of aliphatic hydroxyl groups is 2. The Hall–Kier alpha value is -1.65. The van der Waals surface area contributed by atoms with E-state index in [1.54, 1.807) is 6.92 Å². The van der Waals surface area contributed by atoms with Crippen LogP contribution in [0, 0.1) is 0 Å². The fourth-order valence-electron chi connectivity index (χ4n) is 3.01. The predicted octanol–water partition coefficient (Wildman–Crippen LogP) is -1.08. The zero-order chi connectivity index (χ0) is 16.1. The van der Waals surface area contributed by atoms with Gasteiger partial charge in [0.1, 0.15) is 23.9 Å². The van der Waals surface area contributed by atoms with Crippen molar-refractivity contribution >= 4 is 17.8 Å². The van der Waals surface area contributed by atoms with Crippen molar-refractivity contribution in [3.05, 3.63) is 0 Å². The van der Waals surface area contributed by atoms with E-state index in [2.05, 4.69) is 15.1 Å². The minimum Gasteiger partial charge on any atom is -0.393 e. The molecule has 8 nitrogen and oxygen atoms in total. The van der Waals surface area contributed by atoms with E-state index in [1.807, 2.05) is 0 Å². The van der Waals surface area contributed by atoms with Gasteiger partial charge in [0.25, 0.3) is 0 Å². The molecule has 0 aliphatic carbocycles. The molecule has 3 rings (SSSR count). The van der Waals surface area contributed by atoms with Gasteiger partial charge in [-0.2, -0.15) is 9.38 Å². The van der Waals surface area contributed by atoms with Crippen molar-refractivity contribution in [1.82, 2.24) is 5.01 Å². The Balaban J connectivity index is 1.86. The van der Waals surface area contributed by atoms with Gasteiger partial charge in [-0.1, -0.05) is 6.92 Å². The second-order valence-electron chi connectivity index (χ2n) is 5.49. The van der Waals surface area contributed by atoms with E-state index in [4.69, 9.17) is 10.5 Å². The maximum absolute atomic E-state index is 14.5. The third kappa shape index (κ3) is 2.02. The smallest absolute Gasteiger partial charge is 0.327 e. The number of halogens is 2. The first kappa shape index (κ1) is 15.3. The van der Waals surface area contributed by atoms with E-state index >= 15 is 0 Å². The SMILES string of the molecule is CC[C@]1(CO)O[C@@H](C2CN=C3C(N)=NC(F)=NN32)[C@H](F)[C@@H]1O. The lowest BCUT2D eigenvalue weighted by Crippen LogP contribution is -2.50. The summed E-state index contributed by atoms with van der Waals surface area (Å²) in [5.74, 6) is 0.00236. The van der Waals surface area contributed by atoms with Crippen LogP contribution in [-0.2, 0) is 4.74 Å². The number of rotatable bonds is 3. The molecule has 10 heteroatoms. The van der Waals surface area contributed by atoms with Gasteiger partial charge in [0, 0.05) is 0 Å². The van der Waals surface area contributed by atoms with Crippen LogP contribution in [0.5, 0.6) is 0 Å². The molecular formula is C12H17F2N5O3. The lowest BCUT2D eigenvalue weighted by Gasteiger charge is -2.31. The van der Waals surface area contributed by atoms with Gasteiger partial charge < -0.3 is 20.7 Å². The van der Waals surface area contributed by atoms with Crippen molar-refractivity contribution in [2.24, 2.45) is 20.8 Å². The van der Waals surface area contributed by atoms with E-state index in [-0.39, 0.29) is 24.6 Å². The van der Waals surface area contributed by atoms with Crippen LogP contribution in [0.4, 0.5) is 8.78 Å². The molecule has 0 aromatic carbocycles. The number of amidine groups is 3. The number of aliphatic imine (C=N–C) groups is 2. The molecule has 22 heavy (non-hydrogen) atoms. The Bertz CT molecular complexity index is 563. The molecule has 0 saturated carbocycles. The van der Waals surface area contributed by atoms with Crippen LogP contribution in [-0.4, -0.2) is 76.2 Å². The Morgan fingerprint density at radius 3 is 2.86 bits per heavy atom. The summed E-state index contributed by atoms with van der Waals surface area (Å²) in [4.78, 5) is 7.44. The second kappa shape index (κ2) is 5.21. The van der Waals surface area contributed by atoms with E-state index in [0.717, 1.165) is 5.01 Å². The van der Waals surface area contributed by atoms with E-state index < -0.39 is 42.7 Å². The average Bonchev–Trinajstić information content (AvgIpc) is 3.01. The first-order chi connectivity index (χ1) is 10.4. The summed E-state index contributed by atoms with van der Waals surface area (Å²) in [6, 6.07) is -0.764. The molecule has 3 heterocycles. The molecule has 3 aliphatic heterocycles. The largest absolute Gasteiger partial charge is 0.393 e. The van der Waals surface area contributed by atoms with Crippen molar-refractivity contribution in [3.63, 3.8) is 0 Å². The number of nitrogens with zero attached hydrogens (tertiary/aromatic N) is 4. The summed E-state index contributed by atoms with van der Waals surface area (Å²) < 4.78 is 33.5. The van der Waals surface area contributed by atoms with Crippen LogP contribution in [0.2, 0.25) is 0 Å². The highest BCUT2D eigenvalue weighted by atomic mass is 19.1. The molecule has 4 N–H and O–H groups in total. The van der Waals surface area contributed by atoms with Crippen LogP contribution >= 0.6 is 0 Å². The minimum absolute atomic E-state index is 0.0748. The lowest BCUT2D eigenvalue weighted by atomic mass is 9.92. The predicted molar refractivity (Wildman–Crippen MR) is 74.0 cm³/mol. The number of alkyl halides is 1. The van der Waals surface area contributed by atoms with Gasteiger partial charge in [0.2, 0.25) is 0 Å². The zero-order valence-electron chi connectivity index (χ0n) is 11.9. The van der Waals surface area contributed by atoms with E-state index in [0.29, 0.717) is 0 Å². The summed E-state index contributed by atoms with van der Waals surface area (Å²) >= 11 is 0. The fraction of sp³-hybridized carbons (Fsp3) is 0.750. The second-order valence-corrected chi connectivity index (χ2v) is 5.49. The number of hydrazone groups is 1. The van der Waals surface area contributed by atoms with Crippen molar-refractivity contribution < 1.29 is 23.7 Å². The summed E-state index contributed by atoms with van der Waals surface area (Å²) in [6.45, 7) is 1.23. The number of ether oxygens (including phenoxy) is 1. The molecular weight excluding hydrogens is 300 g/mol. The van der Waals surface area contributed by atoms with Crippen LogP contribution in [0.3, 0.4) is 0 Å². The number of hydrogen-bond donors (Lipinski definition) is 3. The monoisotopic (exact) mass is 317 g/mol. The third-order valence-corrected chi connectivity index (χ3v) is 4.36. The molecule has 0 aromatic rings. The molecule has 122 valence electrons. The van der Waals surface area contributed by atoms with Gasteiger partial charge in [-0.25, -0.2) is 9.40 Å². The Morgan fingerprint density at radius 2 is 2.27 bits per heavy atom. The van der Waals surface area contributed by atoms with Gasteiger partial charge in [-0.15, -0.1) is 5.10 Å². The van der Waals surface area contributed by atoms with Gasteiger partial charge in [-0.3, -0.25) is 4.99 Å². The molecule has 5 atom stereocenters. The summed E-state index contributed by atoms with van der Waals surface area (Å²) in [6.07, 6.45) is -5.19. The molecule has 1 saturated heterocycles. The van der Waals surface area contributed by atoms with Crippen LogP contribution in [0.15, 0.2) is 15.1 Å². The van der Waals surface area contributed by atoms with Gasteiger partial charge >= 0.3 is 6.09 Å². The van der Waals surface area contributed by atoms with Crippen molar-refractivity contribution in [3.8, 4) is 0 Å². The van der Waals surface area contributed by atoms with Gasteiger partial charge in [-0.05, 0) is 6.42 Å². The molecule has 1 fully saturated rings. The molecule has 0 aromatic heterocycles. The number of aliphatic hydroxyl groups excluding tert-OH is 2. The summed E-state index contributed by atoms with van der Waals surface area (Å²) in [5, 5.41) is 24.2. The van der Waals surface area contributed by atoms with Gasteiger partial charge in [0.15, 0.2) is 17.8 Å². The summed E-state index contributed by atoms with van der Waals surface area (Å²) in [7, 11) is 0. The molecule has 0 spiro atoms. The molecule has 3 aliphatic rings. The Morgan fingerprint density at radius 1 is 1.55 bits per heavy atom. The van der Waals surface area contributed by atoms with Crippen LogP contribution < -0.4 is 5.73 Å². The van der Waals surface area contributed by atoms with Crippen molar-refractivity contribution in [2.75, 3.05) is 13.2 Å². The highest BCUT2D eigenvalue weighted by molar-refractivity contribution is 6.42. The van der Waals surface area contributed by atoms with E-state index in [1.165, 1.54) is 0 Å². The zero-order valence-corrected chi connectivity index (χ0v) is 11.9. The standard InChI is InChI=1S/C12H17F2N5O3/c1-2-12(4-20)8(21)6(13)7(22-12)5-3-16-10-9(15)17-11(14)18-19(5)10/h5-8,20-21H,2-4H2,1H3,(H2,15,17,18)/t5?,6-,7-,8-,12+/m0/s1. The third-order valence-electron chi connectivity index (χ3n) is 4.36. The maximum Gasteiger partial charge on any atom is 0.327 e. The Kier molecular flexibility index (Phi) is 3.62. The van der Waals surface area contributed by atoms with Gasteiger partial charge in [0.05, 0.1) is 13.2 Å². The molecule has 1 unspecified atom stereocenters. The first-order valence-electron chi connectivity index (χ1n) is 6.96. The normalized spacial score (nSPS) is 41.1. The number of nitrogens with two attached hydrogens (primary N) is 1. The average molecular weight is 317 g/mol. The fourth-order valence-corrected chi connectivity index (χ4v) is 3.01. The number of fused-ring (bicyclic) bond motifs is 1. The highest BCUT2D eigenvalue weighted by Gasteiger charge is 2.58. The minimum atomic E-state index is -1.76. The molecule has 0 bridgehead atoms. The van der Waals surface area contributed by atoms with Crippen LogP contribution in [0.1, 0.15) is 13.3 Å². The lowest BCUT2D eigenvalue weighted by molar-refractivity contribution is -0.122. The topological polar surface area (TPSA) is 116 Å². The maximum atomic E-state index is 14.5. The van der Waals surface area contributed by atoms with Crippen LogP contribution in [0.25, 0.3) is 0 Å². The number of hydrogen-bond acceptors (Lipinski definition) is 8. The van der Waals surface area contributed by atoms with E-state index in [9.17, 15) is 19.0 Å². The first-order valence-corrected chi connectivity index (χ1v) is 6.96. The summed E-state index contributed by atoms with van der Waals surface area (Å²) in [5.41, 5.74) is 4.19. The Labute approximate surface area is 125 Å². The molecule has 0 amide bonds.